The first-order valence-electron chi connectivity index (χ1n) is 9.16. The van der Waals surface area contributed by atoms with Crippen LogP contribution in [0.4, 0.5) is 5.69 Å². The van der Waals surface area contributed by atoms with E-state index in [4.69, 9.17) is 5.73 Å². The molecule has 2 amide bonds. The molecule has 0 aliphatic heterocycles. The van der Waals surface area contributed by atoms with E-state index in [0.29, 0.717) is 35.6 Å². The molecule has 2 heterocycles. The van der Waals surface area contributed by atoms with Crippen molar-refractivity contribution in [3.63, 3.8) is 0 Å². The number of fused-ring (bicyclic) bond motifs is 1. The number of hydrogen-bond donors (Lipinski definition) is 3. The zero-order chi connectivity index (χ0) is 20.3. The van der Waals surface area contributed by atoms with Crippen molar-refractivity contribution in [1.82, 2.24) is 20.1 Å². The highest BCUT2D eigenvalue weighted by Gasteiger charge is 2.18. The minimum absolute atomic E-state index is 0.169. The average Bonchev–Trinajstić information content (AvgIpc) is 3.08. The molecule has 4 N–H and O–H groups in total. The third-order valence-corrected chi connectivity index (χ3v) is 4.34. The van der Waals surface area contributed by atoms with E-state index in [1.807, 2.05) is 18.5 Å². The van der Waals surface area contributed by atoms with Crippen molar-refractivity contribution in [2.24, 2.45) is 5.73 Å². The van der Waals surface area contributed by atoms with Gasteiger partial charge < -0.3 is 16.4 Å². The van der Waals surface area contributed by atoms with Crippen molar-refractivity contribution >= 4 is 28.5 Å². The van der Waals surface area contributed by atoms with Gasteiger partial charge in [-0.2, -0.15) is 5.10 Å². The van der Waals surface area contributed by atoms with Crippen molar-refractivity contribution in [2.75, 3.05) is 18.4 Å². The van der Waals surface area contributed by atoms with E-state index < -0.39 is 0 Å². The van der Waals surface area contributed by atoms with E-state index in [2.05, 4.69) is 20.7 Å². The summed E-state index contributed by atoms with van der Waals surface area (Å²) >= 11 is 0. The molecule has 0 aliphatic carbocycles. The molecule has 0 atom stereocenters. The molecule has 1 aromatic carbocycles. The van der Waals surface area contributed by atoms with Gasteiger partial charge in [0, 0.05) is 24.5 Å². The first-order chi connectivity index (χ1) is 13.4. The summed E-state index contributed by atoms with van der Waals surface area (Å²) in [6, 6.07) is 8.79. The largest absolute Gasteiger partial charge is 0.351 e. The molecule has 8 nitrogen and oxygen atoms in total. The predicted molar refractivity (Wildman–Crippen MR) is 108 cm³/mol. The molecular formula is C20H24N6O2. The Bertz CT molecular complexity index is 1020. The van der Waals surface area contributed by atoms with Crippen LogP contribution in [0, 0.1) is 6.92 Å². The summed E-state index contributed by atoms with van der Waals surface area (Å²) in [5.74, 6) is -0.617. The van der Waals surface area contributed by atoms with Gasteiger partial charge in [0.2, 0.25) is 0 Å². The number of hydrogen-bond acceptors (Lipinski definition) is 5. The van der Waals surface area contributed by atoms with Crippen LogP contribution in [0.25, 0.3) is 11.0 Å². The van der Waals surface area contributed by atoms with Crippen LogP contribution in [-0.4, -0.2) is 39.7 Å². The minimum Gasteiger partial charge on any atom is -0.351 e. The third-order valence-electron chi connectivity index (χ3n) is 4.34. The molecule has 146 valence electrons. The maximum Gasteiger partial charge on any atom is 0.257 e. The van der Waals surface area contributed by atoms with Crippen molar-refractivity contribution in [3.8, 4) is 0 Å². The molecular weight excluding hydrogens is 356 g/mol. The van der Waals surface area contributed by atoms with Crippen LogP contribution >= 0.6 is 0 Å². The lowest BCUT2D eigenvalue weighted by Gasteiger charge is -2.12. The Morgan fingerprint density at radius 2 is 1.93 bits per heavy atom. The van der Waals surface area contributed by atoms with Gasteiger partial charge >= 0.3 is 0 Å². The molecule has 0 radical (unpaired) electrons. The lowest BCUT2D eigenvalue weighted by molar-refractivity contribution is 0.0955. The third kappa shape index (κ3) is 3.86. The van der Waals surface area contributed by atoms with Crippen molar-refractivity contribution in [2.45, 2.75) is 26.8 Å². The van der Waals surface area contributed by atoms with Crippen molar-refractivity contribution in [1.29, 1.82) is 0 Å². The number of benzene rings is 1. The molecule has 3 rings (SSSR count). The maximum absolute atomic E-state index is 12.9. The number of pyridine rings is 1. The lowest BCUT2D eigenvalue weighted by Crippen LogP contribution is -2.30. The highest BCUT2D eigenvalue weighted by molar-refractivity contribution is 6.10. The number of carbonyl (C=O) groups excluding carboxylic acids is 2. The van der Waals surface area contributed by atoms with Crippen LogP contribution < -0.4 is 16.4 Å². The molecule has 8 heteroatoms. The SMILES string of the molecule is Cc1nc2c(cnn2C(C)C)cc1C(=O)Nc1ccccc1C(=O)NCCN. The number of nitrogens with zero attached hydrogens (tertiary/aromatic N) is 3. The monoisotopic (exact) mass is 380 g/mol. The molecule has 3 aromatic rings. The van der Waals surface area contributed by atoms with Gasteiger partial charge in [-0.3, -0.25) is 9.59 Å². The summed E-state index contributed by atoms with van der Waals surface area (Å²) in [6.45, 7) is 6.54. The first-order valence-corrected chi connectivity index (χ1v) is 9.16. The quantitative estimate of drug-likeness (QED) is 0.607. The fraction of sp³-hybridized carbons (Fsp3) is 0.300. The van der Waals surface area contributed by atoms with Gasteiger partial charge in [0.25, 0.3) is 11.8 Å². The number of nitrogens with one attached hydrogen (secondary N) is 2. The van der Waals surface area contributed by atoms with Gasteiger partial charge in [0.15, 0.2) is 5.65 Å². The molecule has 0 saturated heterocycles. The number of rotatable bonds is 6. The maximum atomic E-state index is 12.9. The second kappa shape index (κ2) is 8.18. The average molecular weight is 380 g/mol. The van der Waals surface area contributed by atoms with E-state index in [0.717, 1.165) is 11.0 Å². The molecule has 0 unspecified atom stereocenters. The molecule has 2 aromatic heterocycles. The topological polar surface area (TPSA) is 115 Å². The van der Waals surface area contributed by atoms with Crippen LogP contribution in [0.15, 0.2) is 36.5 Å². The van der Waals surface area contributed by atoms with Crippen molar-refractivity contribution in [3.05, 3.63) is 53.3 Å². The highest BCUT2D eigenvalue weighted by atomic mass is 16.2. The summed E-state index contributed by atoms with van der Waals surface area (Å²) < 4.78 is 1.82. The zero-order valence-corrected chi connectivity index (χ0v) is 16.2. The Hall–Kier alpha value is -3.26. The van der Waals surface area contributed by atoms with Crippen LogP contribution in [0.5, 0.6) is 0 Å². The minimum atomic E-state index is -0.330. The summed E-state index contributed by atoms with van der Waals surface area (Å²) in [6.07, 6.45) is 1.70. The van der Waals surface area contributed by atoms with E-state index in [1.165, 1.54) is 0 Å². The molecule has 0 saturated carbocycles. The van der Waals surface area contributed by atoms with Gasteiger partial charge in [-0.15, -0.1) is 0 Å². The van der Waals surface area contributed by atoms with E-state index >= 15 is 0 Å². The zero-order valence-electron chi connectivity index (χ0n) is 16.2. The van der Waals surface area contributed by atoms with Crippen LogP contribution in [-0.2, 0) is 0 Å². The molecule has 0 spiro atoms. The van der Waals surface area contributed by atoms with Gasteiger partial charge in [-0.25, -0.2) is 9.67 Å². The van der Waals surface area contributed by atoms with E-state index in [9.17, 15) is 9.59 Å². The molecule has 0 fully saturated rings. The Labute approximate surface area is 163 Å². The van der Waals surface area contributed by atoms with Crippen LogP contribution in [0.2, 0.25) is 0 Å². The number of aromatic nitrogens is 3. The highest BCUT2D eigenvalue weighted by Crippen LogP contribution is 2.21. The summed E-state index contributed by atoms with van der Waals surface area (Å²) in [5.41, 5.74) is 8.02. The Morgan fingerprint density at radius 3 is 2.64 bits per heavy atom. The summed E-state index contributed by atoms with van der Waals surface area (Å²) in [5, 5.41) is 10.7. The Morgan fingerprint density at radius 1 is 1.18 bits per heavy atom. The fourth-order valence-electron chi connectivity index (χ4n) is 2.93. The number of para-hydroxylation sites is 1. The first kappa shape index (κ1) is 19.5. The van der Waals surface area contributed by atoms with E-state index in [1.54, 1.807) is 43.5 Å². The molecule has 0 aliphatic rings. The summed E-state index contributed by atoms with van der Waals surface area (Å²) in [4.78, 5) is 29.8. The number of nitrogens with two attached hydrogens (primary N) is 1. The predicted octanol–water partition coefficient (Wildman–Crippen LogP) is 2.26. The molecule has 0 bridgehead atoms. The second-order valence-electron chi connectivity index (χ2n) is 6.76. The van der Waals surface area contributed by atoms with Crippen molar-refractivity contribution < 1.29 is 9.59 Å². The normalized spacial score (nSPS) is 11.0. The smallest absolute Gasteiger partial charge is 0.257 e. The summed E-state index contributed by atoms with van der Waals surface area (Å²) in [7, 11) is 0. The van der Waals surface area contributed by atoms with Gasteiger partial charge in [0.05, 0.1) is 28.7 Å². The number of amides is 2. The molecule has 28 heavy (non-hydrogen) atoms. The number of carbonyl (C=O) groups is 2. The Balaban J connectivity index is 1.90. The fourth-order valence-corrected chi connectivity index (χ4v) is 2.93. The van der Waals surface area contributed by atoms with Crippen LogP contribution in [0.1, 0.15) is 46.3 Å². The van der Waals surface area contributed by atoms with Crippen LogP contribution in [0.3, 0.4) is 0 Å². The van der Waals surface area contributed by atoms with Gasteiger partial charge in [0.1, 0.15) is 0 Å². The number of anilines is 1. The standard InChI is InChI=1S/C20H24N6O2/c1-12(2)26-18-14(11-23-26)10-16(13(3)24-18)20(28)25-17-7-5-4-6-15(17)19(27)22-9-8-21/h4-7,10-12H,8-9,21H2,1-3H3,(H,22,27)(H,25,28). The lowest BCUT2D eigenvalue weighted by atomic mass is 10.1. The second-order valence-corrected chi connectivity index (χ2v) is 6.76. The van der Waals surface area contributed by atoms with E-state index in [-0.39, 0.29) is 17.9 Å². The Kier molecular flexibility index (Phi) is 5.70. The van der Waals surface area contributed by atoms with Gasteiger partial charge in [-0.05, 0) is 39.0 Å². The van der Waals surface area contributed by atoms with Gasteiger partial charge in [-0.1, -0.05) is 12.1 Å². The number of aryl methyl sites for hydroxylation is 1.